The number of ether oxygens (including phenoxy) is 1. The first kappa shape index (κ1) is 17.4. The molecule has 0 aliphatic heterocycles. The minimum absolute atomic E-state index is 0.115. The van der Waals surface area contributed by atoms with Crippen molar-refractivity contribution in [3.63, 3.8) is 0 Å². The molecule has 0 fully saturated rings. The molecule has 0 aliphatic rings. The van der Waals surface area contributed by atoms with Crippen molar-refractivity contribution in [2.24, 2.45) is 0 Å². The van der Waals surface area contributed by atoms with Crippen molar-refractivity contribution in [1.82, 2.24) is 9.99 Å². The van der Waals surface area contributed by atoms with E-state index in [4.69, 9.17) is 4.74 Å². The molecule has 26 heavy (non-hydrogen) atoms. The molecule has 0 spiro atoms. The molecular formula is C18H18N4O4. The molecule has 0 saturated carbocycles. The maximum absolute atomic E-state index is 12.6. The summed E-state index contributed by atoms with van der Waals surface area (Å²) in [6.07, 6.45) is 1.75. The van der Waals surface area contributed by atoms with Crippen LogP contribution < -0.4 is 10.9 Å². The summed E-state index contributed by atoms with van der Waals surface area (Å²) in [4.78, 5) is 23.2. The summed E-state index contributed by atoms with van der Waals surface area (Å²) in [7, 11) is 1.62. The van der Waals surface area contributed by atoms with E-state index < -0.39 is 4.92 Å². The number of nitrogens with one attached hydrogen (secondary N) is 2. The molecule has 0 aliphatic carbocycles. The first-order valence-corrected chi connectivity index (χ1v) is 7.98. The van der Waals surface area contributed by atoms with Crippen molar-refractivity contribution < 1.29 is 14.5 Å². The number of hydrazine groups is 1. The number of amides is 1. The Hall–Kier alpha value is -3.39. The van der Waals surface area contributed by atoms with Gasteiger partial charge in [-0.15, -0.1) is 0 Å². The Balaban J connectivity index is 1.83. The molecule has 1 amide bonds. The predicted octanol–water partition coefficient (Wildman–Crippen LogP) is 2.95. The number of carbonyl (C=O) groups is 1. The summed E-state index contributed by atoms with van der Waals surface area (Å²) in [5, 5.41) is 11.8. The molecule has 3 rings (SSSR count). The van der Waals surface area contributed by atoms with Gasteiger partial charge in [0, 0.05) is 36.8 Å². The van der Waals surface area contributed by atoms with Crippen LogP contribution in [0.4, 0.5) is 11.4 Å². The first-order valence-electron chi connectivity index (χ1n) is 7.98. The molecular weight excluding hydrogens is 336 g/mol. The molecule has 134 valence electrons. The van der Waals surface area contributed by atoms with E-state index >= 15 is 0 Å². The van der Waals surface area contributed by atoms with Crippen molar-refractivity contribution in [3.8, 4) is 0 Å². The van der Waals surface area contributed by atoms with Gasteiger partial charge in [0.2, 0.25) is 0 Å². The van der Waals surface area contributed by atoms with Gasteiger partial charge in [-0.1, -0.05) is 30.3 Å². The molecule has 1 aromatic heterocycles. The SMILES string of the molecule is COCCn1cc(C(=O)NNc2ccccc2[N+](=O)[O-])c2ccccc21. The number of anilines is 1. The van der Waals surface area contributed by atoms with E-state index in [1.54, 1.807) is 25.4 Å². The van der Waals surface area contributed by atoms with E-state index in [-0.39, 0.29) is 17.3 Å². The second kappa shape index (κ2) is 7.66. The van der Waals surface area contributed by atoms with E-state index in [0.29, 0.717) is 18.7 Å². The normalized spacial score (nSPS) is 10.7. The van der Waals surface area contributed by atoms with Gasteiger partial charge in [0.1, 0.15) is 5.69 Å². The monoisotopic (exact) mass is 354 g/mol. The number of benzene rings is 2. The molecule has 0 atom stereocenters. The van der Waals surface area contributed by atoms with Gasteiger partial charge < -0.3 is 9.30 Å². The van der Waals surface area contributed by atoms with Crippen LogP contribution in [0.3, 0.4) is 0 Å². The summed E-state index contributed by atoms with van der Waals surface area (Å²) in [5.41, 5.74) is 6.66. The number of methoxy groups -OCH3 is 1. The van der Waals surface area contributed by atoms with Gasteiger partial charge in [0.15, 0.2) is 0 Å². The lowest BCUT2D eigenvalue weighted by Crippen LogP contribution is -2.29. The zero-order chi connectivity index (χ0) is 18.5. The van der Waals surface area contributed by atoms with E-state index in [1.807, 2.05) is 28.8 Å². The number of hydrogen-bond acceptors (Lipinski definition) is 5. The largest absolute Gasteiger partial charge is 0.383 e. The van der Waals surface area contributed by atoms with Gasteiger partial charge >= 0.3 is 0 Å². The fourth-order valence-electron chi connectivity index (χ4n) is 2.73. The average Bonchev–Trinajstić information content (AvgIpc) is 3.03. The van der Waals surface area contributed by atoms with Crippen LogP contribution in [0.15, 0.2) is 54.7 Å². The van der Waals surface area contributed by atoms with Gasteiger partial charge in [-0.2, -0.15) is 0 Å². The Labute approximate surface area is 149 Å². The lowest BCUT2D eigenvalue weighted by Gasteiger charge is -2.08. The van der Waals surface area contributed by atoms with E-state index in [2.05, 4.69) is 10.9 Å². The standard InChI is InChI=1S/C18H18N4O4/c1-26-11-10-21-12-14(13-6-2-4-8-16(13)21)18(23)20-19-15-7-3-5-9-17(15)22(24)25/h2-9,12,19H,10-11H2,1H3,(H,20,23). The number of carbonyl (C=O) groups excluding carboxylic acids is 1. The number of nitro benzene ring substituents is 1. The Morgan fingerprint density at radius 2 is 1.92 bits per heavy atom. The van der Waals surface area contributed by atoms with E-state index in [0.717, 1.165) is 10.9 Å². The highest BCUT2D eigenvalue weighted by Crippen LogP contribution is 2.24. The number of nitrogens with zero attached hydrogens (tertiary/aromatic N) is 2. The smallest absolute Gasteiger partial charge is 0.294 e. The third-order valence-corrected chi connectivity index (χ3v) is 3.98. The predicted molar refractivity (Wildman–Crippen MR) is 98.0 cm³/mol. The fourth-order valence-corrected chi connectivity index (χ4v) is 2.73. The van der Waals surface area contributed by atoms with Crippen LogP contribution in [-0.4, -0.2) is 29.1 Å². The summed E-state index contributed by atoms with van der Waals surface area (Å²) >= 11 is 0. The molecule has 0 unspecified atom stereocenters. The number of aromatic nitrogens is 1. The molecule has 0 saturated heterocycles. The zero-order valence-electron chi connectivity index (χ0n) is 14.1. The van der Waals surface area contributed by atoms with Crippen LogP contribution in [-0.2, 0) is 11.3 Å². The van der Waals surface area contributed by atoms with Crippen molar-refractivity contribution in [2.75, 3.05) is 19.1 Å². The second-order valence-corrected chi connectivity index (χ2v) is 5.60. The quantitative estimate of drug-likeness (QED) is 0.502. The van der Waals surface area contributed by atoms with Crippen LogP contribution in [0.1, 0.15) is 10.4 Å². The minimum atomic E-state index is -0.509. The van der Waals surface area contributed by atoms with E-state index in [1.165, 1.54) is 12.1 Å². The van der Waals surface area contributed by atoms with Crippen LogP contribution in [0.25, 0.3) is 10.9 Å². The maximum atomic E-state index is 12.6. The Bertz CT molecular complexity index is 951. The molecule has 1 heterocycles. The molecule has 3 aromatic rings. The van der Waals surface area contributed by atoms with Gasteiger partial charge in [0.05, 0.1) is 17.1 Å². The number of fused-ring (bicyclic) bond motifs is 1. The molecule has 8 heteroatoms. The van der Waals surface area contributed by atoms with Crippen LogP contribution in [0, 0.1) is 10.1 Å². The van der Waals surface area contributed by atoms with Crippen molar-refractivity contribution in [1.29, 1.82) is 0 Å². The first-order chi connectivity index (χ1) is 12.6. The molecule has 8 nitrogen and oxygen atoms in total. The number of hydrogen-bond donors (Lipinski definition) is 2. The third kappa shape index (κ3) is 3.50. The summed E-state index contributed by atoms with van der Waals surface area (Å²) < 4.78 is 7.05. The van der Waals surface area contributed by atoms with Crippen molar-refractivity contribution in [2.45, 2.75) is 6.54 Å². The highest BCUT2D eigenvalue weighted by molar-refractivity contribution is 6.07. The molecule has 2 aromatic carbocycles. The Morgan fingerprint density at radius 1 is 1.19 bits per heavy atom. The highest BCUT2D eigenvalue weighted by atomic mass is 16.6. The maximum Gasteiger partial charge on any atom is 0.294 e. The summed E-state index contributed by atoms with van der Waals surface area (Å²) in [6.45, 7) is 1.13. The van der Waals surface area contributed by atoms with Crippen LogP contribution >= 0.6 is 0 Å². The second-order valence-electron chi connectivity index (χ2n) is 5.60. The number of para-hydroxylation sites is 3. The lowest BCUT2D eigenvalue weighted by atomic mass is 10.2. The third-order valence-electron chi connectivity index (χ3n) is 3.98. The summed E-state index contributed by atoms with van der Waals surface area (Å²) in [5.74, 6) is -0.379. The Kier molecular flexibility index (Phi) is 5.14. The van der Waals surface area contributed by atoms with Gasteiger partial charge in [-0.05, 0) is 12.1 Å². The topological polar surface area (TPSA) is 98.4 Å². The van der Waals surface area contributed by atoms with Crippen LogP contribution in [0.2, 0.25) is 0 Å². The summed E-state index contributed by atoms with van der Waals surface area (Å²) in [6, 6.07) is 13.7. The highest BCUT2D eigenvalue weighted by Gasteiger charge is 2.17. The molecule has 0 bridgehead atoms. The lowest BCUT2D eigenvalue weighted by molar-refractivity contribution is -0.384. The molecule has 0 radical (unpaired) electrons. The zero-order valence-corrected chi connectivity index (χ0v) is 14.1. The average molecular weight is 354 g/mol. The number of rotatable bonds is 7. The van der Waals surface area contributed by atoms with Crippen molar-refractivity contribution in [3.05, 3.63) is 70.4 Å². The minimum Gasteiger partial charge on any atom is -0.383 e. The van der Waals surface area contributed by atoms with Crippen LogP contribution in [0.5, 0.6) is 0 Å². The Morgan fingerprint density at radius 3 is 2.69 bits per heavy atom. The van der Waals surface area contributed by atoms with Gasteiger partial charge in [-0.3, -0.25) is 25.8 Å². The number of nitro groups is 1. The van der Waals surface area contributed by atoms with E-state index in [9.17, 15) is 14.9 Å². The van der Waals surface area contributed by atoms with Gasteiger partial charge in [-0.25, -0.2) is 0 Å². The van der Waals surface area contributed by atoms with Crippen molar-refractivity contribution >= 4 is 28.2 Å². The molecule has 2 N–H and O–H groups in total. The fraction of sp³-hybridized carbons (Fsp3) is 0.167. The van der Waals surface area contributed by atoms with Gasteiger partial charge in [0.25, 0.3) is 11.6 Å².